The van der Waals surface area contributed by atoms with E-state index in [1.807, 2.05) is 0 Å². The number of benzene rings is 21. The number of hydrogen-bond acceptors (Lipinski definition) is 3. The van der Waals surface area contributed by atoms with E-state index in [0.29, 0.717) is 0 Å². The number of aromatic nitrogens is 3. The molecule has 3 aromatic heterocycles. The summed E-state index contributed by atoms with van der Waals surface area (Å²) in [5.41, 5.74) is 26.0. The Balaban J connectivity index is 0.804. The molecular formula is C116H76N6. The summed E-state index contributed by atoms with van der Waals surface area (Å²) in [6.45, 7) is 0. The van der Waals surface area contributed by atoms with Crippen LogP contribution in [0.1, 0.15) is 0 Å². The van der Waals surface area contributed by atoms with Crippen molar-refractivity contribution in [3.05, 3.63) is 461 Å². The maximum Gasteiger partial charge on any atom is 0.0542 e. The van der Waals surface area contributed by atoms with E-state index >= 15 is 0 Å². The van der Waals surface area contributed by atoms with Gasteiger partial charge in [-0.25, -0.2) is 0 Å². The first-order valence-electron chi connectivity index (χ1n) is 41.9. The Hall–Kier alpha value is -16.3. The molecule has 0 atom stereocenters. The van der Waals surface area contributed by atoms with Crippen molar-refractivity contribution in [3.63, 3.8) is 0 Å². The quantitative estimate of drug-likeness (QED) is 0.102. The lowest BCUT2D eigenvalue weighted by Crippen LogP contribution is -2.16. The lowest BCUT2D eigenvalue weighted by Gasteiger charge is -2.33. The van der Waals surface area contributed by atoms with Crippen LogP contribution in [0.4, 0.5) is 51.2 Å². The standard InChI is InChI=1S/C116H76N6/c1-5-38-85(39-6-1)117(89-59-65-114-106(74-89)103-68-82(98-51-23-33-77-28-13-18-46-95(77)98)56-62-111(103)120(114)86-40-7-2-8-41-86)92-71-93(118(109-54-26-36-80-31-16-21-49-101(80)109)90-60-66-115-107(75-90)104-69-83(99-52-24-34-78-29-14-19-47-96(78)99)57-63-112(104)121(115)87-42-9-3-10-43-87)73-94(72-92)119(110-55-27-37-81-32-17-22-50-102(81)110)91-61-67-116-108(76-91)105-70-84(100-53-25-35-79-30-15-20-48-97(79)100)58-64-113(105)122(116)88-44-11-4-12-45-88/h1-76H. The van der Waals surface area contributed by atoms with Crippen molar-refractivity contribution in [2.24, 2.45) is 0 Å². The Bertz CT molecular complexity index is 7920. The van der Waals surface area contributed by atoms with Crippen LogP contribution in [0.25, 0.3) is 170 Å². The van der Waals surface area contributed by atoms with Crippen molar-refractivity contribution >= 4 is 170 Å². The normalized spacial score (nSPS) is 11.8. The predicted octanol–water partition coefficient (Wildman–Crippen LogP) is 32.2. The minimum Gasteiger partial charge on any atom is -0.310 e. The summed E-state index contributed by atoms with van der Waals surface area (Å²) in [4.78, 5) is 7.57. The monoisotopic (exact) mass is 1550 g/mol. The maximum atomic E-state index is 2.54. The van der Waals surface area contributed by atoms with Gasteiger partial charge < -0.3 is 28.4 Å². The number of fused-ring (bicyclic) bond motifs is 14. The molecule has 6 nitrogen and oxygen atoms in total. The lowest BCUT2D eigenvalue weighted by atomic mass is 9.97. The molecule has 0 bridgehead atoms. The Morgan fingerprint density at radius 1 is 0.139 bits per heavy atom. The third-order valence-corrected chi connectivity index (χ3v) is 25.1. The first kappa shape index (κ1) is 70.0. The third-order valence-electron chi connectivity index (χ3n) is 25.1. The molecule has 0 aliphatic heterocycles. The van der Waals surface area contributed by atoms with E-state index < -0.39 is 0 Å². The zero-order valence-corrected chi connectivity index (χ0v) is 66.6. The molecule has 0 unspecified atom stereocenters. The van der Waals surface area contributed by atoms with Crippen molar-refractivity contribution in [3.8, 4) is 50.4 Å². The van der Waals surface area contributed by atoms with E-state index in [1.54, 1.807) is 0 Å². The summed E-state index contributed by atoms with van der Waals surface area (Å²) in [5, 5.41) is 18.6. The molecule has 0 amide bonds. The van der Waals surface area contributed by atoms with Crippen LogP contribution in [0, 0.1) is 0 Å². The van der Waals surface area contributed by atoms with Crippen LogP contribution in [0.2, 0.25) is 0 Å². The van der Waals surface area contributed by atoms with Gasteiger partial charge >= 0.3 is 0 Å². The molecule has 21 aromatic carbocycles. The van der Waals surface area contributed by atoms with E-state index in [-0.39, 0.29) is 0 Å². The zero-order chi connectivity index (χ0) is 80.3. The average molecular weight is 1550 g/mol. The molecule has 0 aliphatic rings. The lowest BCUT2D eigenvalue weighted by molar-refractivity contribution is 1.18. The van der Waals surface area contributed by atoms with Gasteiger partial charge in [-0.1, -0.05) is 291 Å². The van der Waals surface area contributed by atoms with Crippen LogP contribution >= 0.6 is 0 Å². The summed E-state index contributed by atoms with van der Waals surface area (Å²) in [6, 6.07) is 171. The van der Waals surface area contributed by atoms with E-state index in [9.17, 15) is 0 Å². The van der Waals surface area contributed by atoms with Crippen LogP contribution in [-0.2, 0) is 0 Å². The molecule has 0 radical (unpaired) electrons. The van der Waals surface area contributed by atoms with Crippen LogP contribution in [0.5, 0.6) is 0 Å². The second-order valence-corrected chi connectivity index (χ2v) is 31.9. The fourth-order valence-corrected chi connectivity index (χ4v) is 19.6. The summed E-state index contributed by atoms with van der Waals surface area (Å²) in [6.07, 6.45) is 0. The minimum atomic E-state index is 0.949. The molecule has 24 rings (SSSR count). The maximum absolute atomic E-state index is 2.54. The fourth-order valence-electron chi connectivity index (χ4n) is 19.6. The third kappa shape index (κ3) is 11.6. The van der Waals surface area contributed by atoms with E-state index in [1.165, 1.54) is 49.0 Å². The highest BCUT2D eigenvalue weighted by atomic mass is 15.2. The summed E-state index contributed by atoms with van der Waals surface area (Å²) in [7, 11) is 0. The number of nitrogens with zero attached hydrogens (tertiary/aromatic N) is 6. The Morgan fingerprint density at radius 2 is 0.385 bits per heavy atom. The first-order valence-corrected chi connectivity index (χ1v) is 41.9. The zero-order valence-electron chi connectivity index (χ0n) is 66.6. The van der Waals surface area contributed by atoms with Gasteiger partial charge in [-0.3, -0.25) is 0 Å². The molecule has 0 saturated carbocycles. The molecule has 0 N–H and O–H groups in total. The van der Waals surface area contributed by atoms with Crippen LogP contribution in [-0.4, -0.2) is 13.7 Å². The van der Waals surface area contributed by atoms with Gasteiger partial charge in [0.05, 0.1) is 61.5 Å². The summed E-state index contributed by atoms with van der Waals surface area (Å²) < 4.78 is 7.33. The van der Waals surface area contributed by atoms with E-state index in [4.69, 9.17) is 0 Å². The number of hydrogen-bond donors (Lipinski definition) is 0. The van der Waals surface area contributed by atoms with Crippen molar-refractivity contribution in [2.45, 2.75) is 0 Å². The smallest absolute Gasteiger partial charge is 0.0542 e. The predicted molar refractivity (Wildman–Crippen MR) is 517 cm³/mol. The van der Waals surface area contributed by atoms with Crippen LogP contribution in [0.15, 0.2) is 461 Å². The van der Waals surface area contributed by atoms with Gasteiger partial charge in [0.1, 0.15) is 0 Å². The Labute approximate surface area is 705 Å². The van der Waals surface area contributed by atoms with Crippen LogP contribution in [0.3, 0.4) is 0 Å². The van der Waals surface area contributed by atoms with Crippen molar-refractivity contribution in [1.82, 2.24) is 13.7 Å². The minimum absolute atomic E-state index is 0.949. The molecule has 0 fully saturated rings. The number of para-hydroxylation sites is 4. The van der Waals surface area contributed by atoms with Gasteiger partial charge in [0.25, 0.3) is 0 Å². The largest absolute Gasteiger partial charge is 0.310 e. The van der Waals surface area contributed by atoms with E-state index in [2.05, 4.69) is 489 Å². The number of anilines is 9. The Morgan fingerprint density at radius 3 is 0.721 bits per heavy atom. The van der Waals surface area contributed by atoms with Crippen molar-refractivity contribution in [1.29, 1.82) is 0 Å². The van der Waals surface area contributed by atoms with Gasteiger partial charge in [0.15, 0.2) is 0 Å². The molecule has 0 aliphatic carbocycles. The molecule has 570 valence electrons. The SMILES string of the molecule is c1ccc(N(c2cc(N(c3ccc4c(c3)c3cc(-c5cccc6ccccc56)ccc3n4-c3ccccc3)c3cccc4ccccc34)cc(N(c3ccc4c(c3)c3cc(-c5cccc6ccccc56)ccc3n4-c3ccccc3)c3cccc4ccccc34)c2)c2ccc3c(c2)c2cc(-c4cccc5ccccc45)ccc2n3-c2ccccc2)cc1. The molecule has 0 spiro atoms. The molecule has 122 heavy (non-hydrogen) atoms. The number of rotatable bonds is 15. The molecule has 6 heteroatoms. The van der Waals surface area contributed by atoms with Gasteiger partial charge in [0.2, 0.25) is 0 Å². The molecule has 24 aromatic rings. The topological polar surface area (TPSA) is 24.5 Å². The second-order valence-electron chi connectivity index (χ2n) is 31.9. The molecular weight excluding hydrogens is 1480 g/mol. The Kier molecular flexibility index (Phi) is 16.5. The van der Waals surface area contributed by atoms with Gasteiger partial charge in [0, 0.05) is 82.9 Å². The average Bonchev–Trinajstić information content (AvgIpc) is 1.54. The highest BCUT2D eigenvalue weighted by Gasteiger charge is 2.28. The van der Waals surface area contributed by atoms with Gasteiger partial charge in [-0.05, 0) is 246 Å². The highest BCUT2D eigenvalue weighted by Crippen LogP contribution is 2.52. The van der Waals surface area contributed by atoms with Gasteiger partial charge in [-0.2, -0.15) is 0 Å². The van der Waals surface area contributed by atoms with E-state index in [0.717, 1.165) is 172 Å². The van der Waals surface area contributed by atoms with Gasteiger partial charge in [-0.15, -0.1) is 0 Å². The molecule has 3 heterocycles. The highest BCUT2D eigenvalue weighted by molar-refractivity contribution is 6.17. The fraction of sp³-hybridized carbons (Fsp3) is 0. The molecule has 0 saturated heterocycles. The van der Waals surface area contributed by atoms with Crippen LogP contribution < -0.4 is 14.7 Å². The summed E-state index contributed by atoms with van der Waals surface area (Å²) >= 11 is 0. The summed E-state index contributed by atoms with van der Waals surface area (Å²) in [5.74, 6) is 0. The van der Waals surface area contributed by atoms with Crippen molar-refractivity contribution < 1.29 is 0 Å². The second kappa shape index (κ2) is 28.8. The first-order chi connectivity index (χ1) is 60.5. The van der Waals surface area contributed by atoms with Crippen molar-refractivity contribution in [2.75, 3.05) is 14.7 Å².